The molecular formula is C17H23N3O. The highest BCUT2D eigenvalue weighted by Crippen LogP contribution is 2.44. The van der Waals surface area contributed by atoms with Crippen LogP contribution in [0.2, 0.25) is 0 Å². The number of ether oxygens (including phenoxy) is 1. The summed E-state index contributed by atoms with van der Waals surface area (Å²) < 4.78 is 5.53. The van der Waals surface area contributed by atoms with Crippen LogP contribution < -0.4 is 11.1 Å². The number of nitrogens with zero attached hydrogens (tertiary/aromatic N) is 1. The molecule has 112 valence electrons. The number of aryl methyl sites for hydroxylation is 1. The Bertz CT molecular complexity index is 681. The molecule has 0 saturated heterocycles. The number of fused-ring (bicyclic) bond motifs is 1. The maximum Gasteiger partial charge on any atom is 0.0727 e. The fraction of sp³-hybridized carbons (Fsp3) is 0.471. The number of methoxy groups -OCH3 is 1. The monoisotopic (exact) mass is 285 g/mol. The third-order valence-corrected chi connectivity index (χ3v) is 4.75. The summed E-state index contributed by atoms with van der Waals surface area (Å²) in [5.74, 6) is 0. The van der Waals surface area contributed by atoms with E-state index in [0.29, 0.717) is 12.1 Å². The van der Waals surface area contributed by atoms with Gasteiger partial charge in [0.25, 0.3) is 0 Å². The lowest BCUT2D eigenvalue weighted by Crippen LogP contribution is -2.57. The van der Waals surface area contributed by atoms with Crippen LogP contribution in [0.4, 0.5) is 11.4 Å². The average molecular weight is 285 g/mol. The molecule has 1 aromatic heterocycles. The Morgan fingerprint density at radius 3 is 2.76 bits per heavy atom. The normalized spacial score (nSPS) is 23.8. The minimum Gasteiger partial charge on any atom is -0.399 e. The van der Waals surface area contributed by atoms with Crippen molar-refractivity contribution in [3.05, 3.63) is 30.0 Å². The van der Waals surface area contributed by atoms with Crippen LogP contribution in [-0.4, -0.2) is 24.2 Å². The van der Waals surface area contributed by atoms with Crippen molar-refractivity contribution in [2.24, 2.45) is 5.41 Å². The summed E-state index contributed by atoms with van der Waals surface area (Å²) in [6, 6.07) is 8.36. The number of nitrogens with one attached hydrogen (secondary N) is 1. The summed E-state index contributed by atoms with van der Waals surface area (Å²) >= 11 is 0. The molecule has 0 amide bonds. The van der Waals surface area contributed by atoms with E-state index in [2.05, 4.69) is 30.2 Å². The molecule has 0 bridgehead atoms. The Kier molecular flexibility index (Phi) is 3.29. The van der Waals surface area contributed by atoms with Gasteiger partial charge in [-0.3, -0.25) is 4.98 Å². The summed E-state index contributed by atoms with van der Waals surface area (Å²) in [5.41, 5.74) is 9.91. The van der Waals surface area contributed by atoms with Crippen LogP contribution in [0.5, 0.6) is 0 Å². The van der Waals surface area contributed by atoms with Gasteiger partial charge in [0.2, 0.25) is 0 Å². The molecule has 4 heteroatoms. The van der Waals surface area contributed by atoms with E-state index in [9.17, 15) is 0 Å². The number of benzene rings is 1. The summed E-state index contributed by atoms with van der Waals surface area (Å²) in [5, 5.41) is 4.75. The zero-order chi connectivity index (χ0) is 15.2. The molecule has 21 heavy (non-hydrogen) atoms. The molecule has 2 unspecified atom stereocenters. The topological polar surface area (TPSA) is 60.2 Å². The van der Waals surface area contributed by atoms with Crippen molar-refractivity contribution in [3.8, 4) is 0 Å². The maximum absolute atomic E-state index is 5.93. The van der Waals surface area contributed by atoms with Crippen molar-refractivity contribution in [1.82, 2.24) is 4.98 Å². The zero-order valence-corrected chi connectivity index (χ0v) is 13.1. The van der Waals surface area contributed by atoms with Gasteiger partial charge in [-0.05, 0) is 37.6 Å². The van der Waals surface area contributed by atoms with Crippen molar-refractivity contribution in [1.29, 1.82) is 0 Å². The van der Waals surface area contributed by atoms with Crippen LogP contribution in [0.25, 0.3) is 10.9 Å². The molecule has 1 aliphatic carbocycles. The molecule has 1 saturated carbocycles. The van der Waals surface area contributed by atoms with E-state index in [1.807, 2.05) is 25.1 Å². The standard InChI is InChI=1S/C17H23N3O/c1-10-7-14(12-8-11(18)5-6-13(12)19-10)20-15-9-16(21-4)17(15,2)3/h5-8,15-16H,9,18H2,1-4H3,(H,19,20). The van der Waals surface area contributed by atoms with Gasteiger partial charge in [0.1, 0.15) is 0 Å². The first-order valence-corrected chi connectivity index (χ1v) is 7.38. The molecule has 1 aromatic carbocycles. The van der Waals surface area contributed by atoms with Crippen LogP contribution in [0, 0.1) is 12.3 Å². The second-order valence-corrected chi connectivity index (χ2v) is 6.57. The predicted molar refractivity (Wildman–Crippen MR) is 87.5 cm³/mol. The van der Waals surface area contributed by atoms with Gasteiger partial charge in [-0.2, -0.15) is 0 Å². The maximum atomic E-state index is 5.93. The lowest BCUT2D eigenvalue weighted by molar-refractivity contribution is -0.0794. The number of pyridine rings is 1. The van der Waals surface area contributed by atoms with Gasteiger partial charge < -0.3 is 15.8 Å². The highest BCUT2D eigenvalue weighted by Gasteiger charge is 2.48. The molecule has 0 spiro atoms. The largest absolute Gasteiger partial charge is 0.399 e. The quantitative estimate of drug-likeness (QED) is 0.849. The number of anilines is 2. The van der Waals surface area contributed by atoms with Crippen molar-refractivity contribution in [2.75, 3.05) is 18.2 Å². The molecular weight excluding hydrogens is 262 g/mol. The summed E-state index contributed by atoms with van der Waals surface area (Å²) in [4.78, 5) is 4.58. The van der Waals surface area contributed by atoms with E-state index in [-0.39, 0.29) is 5.41 Å². The number of aromatic nitrogens is 1. The Balaban J connectivity index is 1.96. The van der Waals surface area contributed by atoms with E-state index in [1.165, 1.54) is 0 Å². The first-order valence-electron chi connectivity index (χ1n) is 7.38. The van der Waals surface area contributed by atoms with Gasteiger partial charge >= 0.3 is 0 Å². The fourth-order valence-corrected chi connectivity index (χ4v) is 3.21. The van der Waals surface area contributed by atoms with Gasteiger partial charge in [-0.25, -0.2) is 0 Å². The Morgan fingerprint density at radius 2 is 2.10 bits per heavy atom. The Labute approximate surface area is 125 Å². The molecule has 4 nitrogen and oxygen atoms in total. The second kappa shape index (κ2) is 4.88. The fourth-order valence-electron chi connectivity index (χ4n) is 3.21. The summed E-state index contributed by atoms with van der Waals surface area (Å²) in [6.45, 7) is 6.50. The molecule has 3 rings (SSSR count). The molecule has 1 heterocycles. The SMILES string of the molecule is COC1CC(Nc2cc(C)nc3ccc(N)cc23)C1(C)C. The number of rotatable bonds is 3. The predicted octanol–water partition coefficient (Wildman–Crippen LogP) is 3.35. The summed E-state index contributed by atoms with van der Waals surface area (Å²) in [6.07, 6.45) is 1.34. The Hall–Kier alpha value is -1.81. The van der Waals surface area contributed by atoms with Gasteiger partial charge in [-0.1, -0.05) is 13.8 Å². The smallest absolute Gasteiger partial charge is 0.0727 e. The van der Waals surface area contributed by atoms with Crippen molar-refractivity contribution in [2.45, 2.75) is 39.3 Å². The first kappa shape index (κ1) is 14.1. The van der Waals surface area contributed by atoms with Crippen LogP contribution >= 0.6 is 0 Å². The third-order valence-electron chi connectivity index (χ3n) is 4.75. The summed E-state index contributed by atoms with van der Waals surface area (Å²) in [7, 11) is 1.79. The van der Waals surface area contributed by atoms with E-state index in [0.717, 1.165) is 34.4 Å². The number of nitrogen functional groups attached to an aromatic ring is 1. The molecule has 3 N–H and O–H groups in total. The van der Waals surface area contributed by atoms with E-state index in [1.54, 1.807) is 7.11 Å². The van der Waals surface area contributed by atoms with Gasteiger partial charge in [0.15, 0.2) is 0 Å². The van der Waals surface area contributed by atoms with Crippen molar-refractivity contribution in [3.63, 3.8) is 0 Å². The average Bonchev–Trinajstić information content (AvgIpc) is 2.43. The third kappa shape index (κ3) is 2.33. The highest BCUT2D eigenvalue weighted by molar-refractivity contribution is 5.93. The van der Waals surface area contributed by atoms with E-state index >= 15 is 0 Å². The molecule has 1 aliphatic rings. The highest BCUT2D eigenvalue weighted by atomic mass is 16.5. The van der Waals surface area contributed by atoms with Gasteiger partial charge in [0, 0.05) is 41.0 Å². The number of nitrogens with two attached hydrogens (primary N) is 1. The van der Waals surface area contributed by atoms with Crippen LogP contribution in [0.1, 0.15) is 26.0 Å². The molecule has 0 radical (unpaired) electrons. The molecule has 0 aliphatic heterocycles. The minimum absolute atomic E-state index is 0.124. The van der Waals surface area contributed by atoms with Crippen LogP contribution in [0.15, 0.2) is 24.3 Å². The lowest BCUT2D eigenvalue weighted by Gasteiger charge is -2.51. The van der Waals surface area contributed by atoms with Crippen molar-refractivity contribution >= 4 is 22.3 Å². The first-order chi connectivity index (χ1) is 9.91. The van der Waals surface area contributed by atoms with E-state index < -0.39 is 0 Å². The minimum atomic E-state index is 0.124. The van der Waals surface area contributed by atoms with Crippen molar-refractivity contribution < 1.29 is 4.74 Å². The molecule has 2 aromatic rings. The molecule has 1 fully saturated rings. The molecule has 2 atom stereocenters. The van der Waals surface area contributed by atoms with E-state index in [4.69, 9.17) is 10.5 Å². The van der Waals surface area contributed by atoms with Gasteiger partial charge in [-0.15, -0.1) is 0 Å². The van der Waals surface area contributed by atoms with Crippen LogP contribution in [0.3, 0.4) is 0 Å². The second-order valence-electron chi connectivity index (χ2n) is 6.57. The number of hydrogen-bond acceptors (Lipinski definition) is 4. The van der Waals surface area contributed by atoms with Gasteiger partial charge in [0.05, 0.1) is 11.6 Å². The zero-order valence-electron chi connectivity index (χ0n) is 13.1. The Morgan fingerprint density at radius 1 is 1.33 bits per heavy atom. The van der Waals surface area contributed by atoms with Crippen LogP contribution in [-0.2, 0) is 4.74 Å². The number of hydrogen-bond donors (Lipinski definition) is 2. The lowest BCUT2D eigenvalue weighted by atomic mass is 9.64.